The first-order valence-electron chi connectivity index (χ1n) is 16.4. The molecule has 4 atom stereocenters. The molecule has 2 aromatic heterocycles. The predicted octanol–water partition coefficient (Wildman–Crippen LogP) is 4.66. The molecule has 3 amide bonds. The lowest BCUT2D eigenvalue weighted by Gasteiger charge is -2.35. The van der Waals surface area contributed by atoms with Gasteiger partial charge < -0.3 is 38.7 Å². The lowest BCUT2D eigenvalue weighted by Crippen LogP contribution is -2.48. The van der Waals surface area contributed by atoms with Crippen LogP contribution in [-0.4, -0.2) is 97.2 Å². The second kappa shape index (κ2) is 16.0. The van der Waals surface area contributed by atoms with Crippen LogP contribution in [-0.2, 0) is 14.8 Å². The van der Waals surface area contributed by atoms with Crippen LogP contribution in [0.1, 0.15) is 73.3 Å². The average Bonchev–Trinajstić information content (AvgIpc) is 3.56. The van der Waals surface area contributed by atoms with Gasteiger partial charge in [0.05, 0.1) is 30.4 Å². The predicted molar refractivity (Wildman–Crippen MR) is 181 cm³/mol. The van der Waals surface area contributed by atoms with Crippen LogP contribution in [0.4, 0.5) is 16.2 Å². The van der Waals surface area contributed by atoms with Crippen molar-refractivity contribution in [1.29, 1.82) is 0 Å². The van der Waals surface area contributed by atoms with Crippen molar-refractivity contribution in [2.24, 2.45) is 5.92 Å². The number of hydrogen-bond acceptors (Lipinski definition) is 11. The normalized spacial score (nSPS) is 20.1. The summed E-state index contributed by atoms with van der Waals surface area (Å²) < 4.78 is 52.0. The number of benzene rings is 1. The van der Waals surface area contributed by atoms with Crippen LogP contribution >= 0.6 is 0 Å². The third kappa shape index (κ3) is 9.10. The van der Waals surface area contributed by atoms with E-state index in [1.807, 2.05) is 13.8 Å². The Morgan fingerprint density at radius 2 is 1.80 bits per heavy atom. The van der Waals surface area contributed by atoms with Crippen LogP contribution in [0.3, 0.4) is 0 Å². The molecule has 3 aromatic rings. The first-order valence-corrected chi connectivity index (χ1v) is 17.9. The van der Waals surface area contributed by atoms with Gasteiger partial charge in [0.15, 0.2) is 16.4 Å². The van der Waals surface area contributed by atoms with Crippen LogP contribution in [0.2, 0.25) is 0 Å². The third-order valence-electron chi connectivity index (χ3n) is 8.61. The van der Waals surface area contributed by atoms with E-state index in [0.29, 0.717) is 35.9 Å². The molecule has 1 aliphatic heterocycles. The van der Waals surface area contributed by atoms with Crippen molar-refractivity contribution in [3.8, 4) is 5.75 Å². The van der Waals surface area contributed by atoms with E-state index in [-0.39, 0.29) is 65.3 Å². The molecule has 15 nitrogen and oxygen atoms in total. The number of aliphatic hydroxyl groups is 1. The summed E-state index contributed by atoms with van der Waals surface area (Å²) in [6.07, 6.45) is 1.48. The minimum Gasteiger partial charge on any atom is -0.490 e. The number of rotatable bonds is 8. The van der Waals surface area contributed by atoms with Gasteiger partial charge in [-0.15, -0.1) is 0 Å². The van der Waals surface area contributed by atoms with E-state index in [1.165, 1.54) is 35.8 Å². The number of anilines is 2. The Balaban J connectivity index is 1.64. The van der Waals surface area contributed by atoms with Gasteiger partial charge in [-0.1, -0.05) is 17.2 Å². The van der Waals surface area contributed by atoms with Crippen LogP contribution in [0.5, 0.6) is 5.75 Å². The molecule has 0 fully saturated rings. The Morgan fingerprint density at radius 1 is 1.10 bits per heavy atom. The first-order chi connectivity index (χ1) is 23.1. The fraction of sp³-hybridized carbons (Fsp3) is 0.576. The summed E-state index contributed by atoms with van der Waals surface area (Å²) in [6.45, 7) is 12.5. The standard InChI is InChI=1S/C33H48N6O9S/c1-19-16-39(20(2)18-40)32(41)27-15-26(37-49(43,44)31-23(5)36-48-25(31)7)12-13-28(27)46-21(3)11-9-10-14-45-29(19)17-38(8)33(42)34-30-22(4)35-47-24(30)6/h12-13,15,19-21,29,37,40H,9-11,14,16-18H2,1-8H3,(H,34,42)/t19-,20-,21-,29-/m1/s1. The number of ether oxygens (including phenoxy) is 2. The summed E-state index contributed by atoms with van der Waals surface area (Å²) in [4.78, 5) is 30.5. The Kier molecular flexibility index (Phi) is 12.3. The number of aliphatic hydroxyl groups excluding tert-OH is 1. The highest BCUT2D eigenvalue weighted by atomic mass is 32.2. The smallest absolute Gasteiger partial charge is 0.321 e. The van der Waals surface area contributed by atoms with Crippen molar-refractivity contribution in [3.05, 3.63) is 46.7 Å². The highest BCUT2D eigenvalue weighted by Crippen LogP contribution is 2.30. The SMILES string of the molecule is Cc1noc(C)c1NC(=O)N(C)C[C@H]1OCCCC[C@@H](C)Oc2ccc(NS(=O)(=O)c3c(C)noc3C)cc2C(=O)N([C@H](C)CO)C[C@H]1C. The summed E-state index contributed by atoms with van der Waals surface area (Å²) in [5.74, 6) is 0.166. The molecule has 0 unspecified atom stereocenters. The van der Waals surface area contributed by atoms with Gasteiger partial charge in [0.2, 0.25) is 0 Å². The van der Waals surface area contributed by atoms with Crippen molar-refractivity contribution >= 4 is 33.3 Å². The highest BCUT2D eigenvalue weighted by Gasteiger charge is 2.32. The molecule has 3 N–H and O–H groups in total. The fourth-order valence-electron chi connectivity index (χ4n) is 5.73. The van der Waals surface area contributed by atoms with E-state index >= 15 is 0 Å². The number of aromatic nitrogens is 2. The zero-order chi connectivity index (χ0) is 36.0. The average molecular weight is 705 g/mol. The number of nitrogens with zero attached hydrogens (tertiary/aromatic N) is 4. The van der Waals surface area contributed by atoms with Gasteiger partial charge in [-0.05, 0) is 79.0 Å². The molecule has 49 heavy (non-hydrogen) atoms. The van der Waals surface area contributed by atoms with Gasteiger partial charge in [0.1, 0.15) is 22.8 Å². The van der Waals surface area contributed by atoms with Crippen molar-refractivity contribution in [3.63, 3.8) is 0 Å². The Labute approximate surface area is 287 Å². The van der Waals surface area contributed by atoms with Crippen molar-refractivity contribution in [2.45, 2.75) is 90.9 Å². The molecule has 4 rings (SSSR count). The topological polar surface area (TPSA) is 190 Å². The molecule has 0 aliphatic carbocycles. The number of urea groups is 1. The molecule has 16 heteroatoms. The third-order valence-corrected chi connectivity index (χ3v) is 10.2. The van der Waals surface area contributed by atoms with Crippen LogP contribution in [0.25, 0.3) is 0 Å². The molecule has 0 saturated heterocycles. The van der Waals surface area contributed by atoms with Gasteiger partial charge in [-0.25, -0.2) is 13.2 Å². The number of sulfonamides is 1. The molecule has 0 bridgehead atoms. The van der Waals surface area contributed by atoms with E-state index in [2.05, 4.69) is 20.4 Å². The Bertz CT molecular complexity index is 1680. The second-order valence-electron chi connectivity index (χ2n) is 12.8. The Morgan fingerprint density at radius 3 is 2.43 bits per heavy atom. The summed E-state index contributed by atoms with van der Waals surface area (Å²) >= 11 is 0. The maximum absolute atomic E-state index is 14.4. The minimum atomic E-state index is -4.10. The first kappa shape index (κ1) is 37.7. The Hall–Kier alpha value is -4.15. The maximum Gasteiger partial charge on any atom is 0.321 e. The molecule has 0 saturated carbocycles. The maximum atomic E-state index is 14.4. The fourth-order valence-corrected chi connectivity index (χ4v) is 7.11. The van der Waals surface area contributed by atoms with Crippen LogP contribution in [0.15, 0.2) is 32.1 Å². The lowest BCUT2D eigenvalue weighted by atomic mass is 10.0. The number of hydrogen-bond donors (Lipinski definition) is 3. The number of aryl methyl sites for hydroxylation is 4. The summed E-state index contributed by atoms with van der Waals surface area (Å²) in [5, 5.41) is 20.7. The second-order valence-corrected chi connectivity index (χ2v) is 14.4. The number of amides is 3. The van der Waals surface area contributed by atoms with Gasteiger partial charge >= 0.3 is 6.03 Å². The van der Waals surface area contributed by atoms with Crippen molar-refractivity contribution in [2.75, 3.05) is 43.4 Å². The van der Waals surface area contributed by atoms with Crippen molar-refractivity contribution in [1.82, 2.24) is 20.1 Å². The van der Waals surface area contributed by atoms with E-state index in [0.717, 1.165) is 12.8 Å². The molecule has 1 aliphatic rings. The summed E-state index contributed by atoms with van der Waals surface area (Å²) in [7, 11) is -2.44. The van der Waals surface area contributed by atoms with Gasteiger partial charge in [-0.3, -0.25) is 9.52 Å². The molecular weight excluding hydrogens is 656 g/mol. The zero-order valence-corrected chi connectivity index (χ0v) is 30.2. The number of likely N-dealkylation sites (N-methyl/N-ethyl adjacent to an activating group) is 1. The summed E-state index contributed by atoms with van der Waals surface area (Å²) in [5.41, 5.74) is 1.54. The van der Waals surface area contributed by atoms with Gasteiger partial charge in [0, 0.05) is 38.3 Å². The largest absolute Gasteiger partial charge is 0.490 e. The zero-order valence-electron chi connectivity index (χ0n) is 29.4. The number of fused-ring (bicyclic) bond motifs is 1. The molecule has 270 valence electrons. The van der Waals surface area contributed by atoms with Crippen LogP contribution < -0.4 is 14.8 Å². The van der Waals surface area contributed by atoms with Gasteiger partial charge in [0.25, 0.3) is 15.9 Å². The minimum absolute atomic E-state index is 0.0791. The van der Waals surface area contributed by atoms with E-state index < -0.39 is 28.1 Å². The van der Waals surface area contributed by atoms with E-state index in [4.69, 9.17) is 18.5 Å². The quantitative estimate of drug-likeness (QED) is 0.296. The number of carbonyl (C=O) groups excluding carboxylic acids is 2. The molecular formula is C33H48N6O9S. The molecule has 0 radical (unpaired) electrons. The monoisotopic (exact) mass is 704 g/mol. The lowest BCUT2D eigenvalue weighted by molar-refractivity contribution is -0.0115. The van der Waals surface area contributed by atoms with Crippen molar-refractivity contribution < 1.29 is 41.6 Å². The van der Waals surface area contributed by atoms with E-state index in [9.17, 15) is 23.1 Å². The van der Waals surface area contributed by atoms with Crippen LogP contribution in [0, 0.1) is 33.6 Å². The highest BCUT2D eigenvalue weighted by molar-refractivity contribution is 7.92. The van der Waals surface area contributed by atoms with Gasteiger partial charge in [-0.2, -0.15) is 0 Å². The summed E-state index contributed by atoms with van der Waals surface area (Å²) in [6, 6.07) is 3.57. The molecule has 1 aromatic carbocycles. The molecule has 3 heterocycles. The van der Waals surface area contributed by atoms with E-state index in [1.54, 1.807) is 33.9 Å². The number of nitrogens with one attached hydrogen (secondary N) is 2. The number of carbonyl (C=O) groups is 2. The molecule has 0 spiro atoms.